The molecule has 0 atom stereocenters. The minimum atomic E-state index is -0.326. The van der Waals surface area contributed by atoms with Gasteiger partial charge in [-0.05, 0) is 31.9 Å². The fourth-order valence-corrected chi connectivity index (χ4v) is 2.98. The van der Waals surface area contributed by atoms with E-state index >= 15 is 0 Å². The molecule has 3 nitrogen and oxygen atoms in total. The molecule has 1 saturated heterocycles. The fourth-order valence-electron chi connectivity index (χ4n) is 2.98. The van der Waals surface area contributed by atoms with Gasteiger partial charge in [-0.3, -0.25) is 4.79 Å². The standard InChI is InChI=1S/C17H26N2O/c1-17(2,13-14-7-5-4-6-8-14)16(20)19-11-9-15(18-3)10-12-19/h4-8,15,18H,9-13H2,1-3H3. The number of likely N-dealkylation sites (tertiary alicyclic amines) is 1. The second kappa shape index (κ2) is 6.40. The molecule has 1 amide bonds. The number of carbonyl (C=O) groups excluding carboxylic acids is 1. The fraction of sp³-hybridized carbons (Fsp3) is 0.588. The third kappa shape index (κ3) is 3.60. The Labute approximate surface area is 122 Å². The first-order valence-electron chi connectivity index (χ1n) is 7.53. The maximum absolute atomic E-state index is 12.7. The summed E-state index contributed by atoms with van der Waals surface area (Å²) in [5.41, 5.74) is 0.907. The van der Waals surface area contributed by atoms with Crippen molar-refractivity contribution in [3.63, 3.8) is 0 Å². The van der Waals surface area contributed by atoms with E-state index in [1.54, 1.807) is 0 Å². The average Bonchev–Trinajstić information content (AvgIpc) is 2.47. The van der Waals surface area contributed by atoms with Crippen molar-refractivity contribution in [3.05, 3.63) is 35.9 Å². The topological polar surface area (TPSA) is 32.3 Å². The monoisotopic (exact) mass is 274 g/mol. The Morgan fingerprint density at radius 2 is 1.85 bits per heavy atom. The smallest absolute Gasteiger partial charge is 0.228 e. The molecular formula is C17H26N2O. The Balaban J connectivity index is 1.97. The average molecular weight is 274 g/mol. The van der Waals surface area contributed by atoms with Crippen LogP contribution < -0.4 is 5.32 Å². The lowest BCUT2D eigenvalue weighted by atomic mass is 9.83. The minimum absolute atomic E-state index is 0.288. The zero-order valence-corrected chi connectivity index (χ0v) is 12.9. The molecule has 1 aliphatic heterocycles. The van der Waals surface area contributed by atoms with Gasteiger partial charge < -0.3 is 10.2 Å². The van der Waals surface area contributed by atoms with Crippen LogP contribution in [0.3, 0.4) is 0 Å². The highest BCUT2D eigenvalue weighted by Gasteiger charge is 2.33. The molecule has 0 bridgehead atoms. The van der Waals surface area contributed by atoms with E-state index in [9.17, 15) is 4.79 Å². The summed E-state index contributed by atoms with van der Waals surface area (Å²) in [4.78, 5) is 14.8. The molecule has 0 radical (unpaired) electrons. The molecule has 110 valence electrons. The predicted molar refractivity (Wildman–Crippen MR) is 82.6 cm³/mol. The second-order valence-corrected chi connectivity index (χ2v) is 6.40. The van der Waals surface area contributed by atoms with Gasteiger partial charge in [-0.25, -0.2) is 0 Å². The Kier molecular flexibility index (Phi) is 4.81. The quantitative estimate of drug-likeness (QED) is 0.915. The van der Waals surface area contributed by atoms with Crippen LogP contribution in [0.25, 0.3) is 0 Å². The van der Waals surface area contributed by atoms with Gasteiger partial charge in [-0.1, -0.05) is 44.2 Å². The molecule has 1 aromatic carbocycles. The number of piperidine rings is 1. The number of rotatable bonds is 4. The molecule has 1 aliphatic rings. The number of benzene rings is 1. The van der Waals surface area contributed by atoms with E-state index in [4.69, 9.17) is 0 Å². The van der Waals surface area contributed by atoms with Gasteiger partial charge >= 0.3 is 0 Å². The van der Waals surface area contributed by atoms with E-state index in [0.29, 0.717) is 6.04 Å². The van der Waals surface area contributed by atoms with E-state index in [-0.39, 0.29) is 11.3 Å². The lowest BCUT2D eigenvalue weighted by molar-refractivity contribution is -0.141. The Bertz CT molecular complexity index is 434. The Hall–Kier alpha value is -1.35. The first-order valence-corrected chi connectivity index (χ1v) is 7.53. The van der Waals surface area contributed by atoms with Crippen molar-refractivity contribution in [3.8, 4) is 0 Å². The summed E-state index contributed by atoms with van der Waals surface area (Å²) in [6.07, 6.45) is 2.92. The van der Waals surface area contributed by atoms with Crippen LogP contribution in [0.5, 0.6) is 0 Å². The van der Waals surface area contributed by atoms with Crippen LogP contribution in [-0.2, 0) is 11.2 Å². The van der Waals surface area contributed by atoms with Gasteiger partial charge in [0, 0.05) is 24.5 Å². The molecule has 1 heterocycles. The van der Waals surface area contributed by atoms with E-state index in [1.165, 1.54) is 5.56 Å². The predicted octanol–water partition coefficient (Wildman–Crippen LogP) is 2.47. The highest BCUT2D eigenvalue weighted by atomic mass is 16.2. The van der Waals surface area contributed by atoms with Crippen molar-refractivity contribution in [2.24, 2.45) is 5.41 Å². The zero-order chi connectivity index (χ0) is 14.6. The maximum atomic E-state index is 12.7. The Morgan fingerprint density at radius 3 is 2.40 bits per heavy atom. The van der Waals surface area contributed by atoms with Gasteiger partial charge in [-0.2, -0.15) is 0 Å². The summed E-state index contributed by atoms with van der Waals surface area (Å²) in [5.74, 6) is 0.288. The molecule has 1 aromatic rings. The van der Waals surface area contributed by atoms with Gasteiger partial charge in [0.2, 0.25) is 5.91 Å². The lowest BCUT2D eigenvalue weighted by Gasteiger charge is -2.37. The largest absolute Gasteiger partial charge is 0.342 e. The number of amides is 1. The SMILES string of the molecule is CNC1CCN(C(=O)C(C)(C)Cc2ccccc2)CC1. The molecule has 0 spiro atoms. The van der Waals surface area contributed by atoms with E-state index in [1.807, 2.05) is 30.1 Å². The maximum Gasteiger partial charge on any atom is 0.228 e. The van der Waals surface area contributed by atoms with Crippen molar-refractivity contribution < 1.29 is 4.79 Å². The molecule has 0 saturated carbocycles. The minimum Gasteiger partial charge on any atom is -0.342 e. The van der Waals surface area contributed by atoms with Gasteiger partial charge in [0.15, 0.2) is 0 Å². The van der Waals surface area contributed by atoms with Crippen molar-refractivity contribution in [2.75, 3.05) is 20.1 Å². The number of nitrogens with zero attached hydrogens (tertiary/aromatic N) is 1. The van der Waals surface area contributed by atoms with Gasteiger partial charge in [0.05, 0.1) is 0 Å². The summed E-state index contributed by atoms with van der Waals surface area (Å²) in [6.45, 7) is 5.88. The number of nitrogens with one attached hydrogen (secondary N) is 1. The highest BCUT2D eigenvalue weighted by Crippen LogP contribution is 2.26. The third-order valence-electron chi connectivity index (χ3n) is 4.26. The summed E-state index contributed by atoms with van der Waals surface area (Å²) in [6, 6.07) is 10.9. The van der Waals surface area contributed by atoms with Crippen LogP contribution in [0.15, 0.2) is 30.3 Å². The molecule has 0 aromatic heterocycles. The van der Waals surface area contributed by atoms with Gasteiger partial charge in [0.25, 0.3) is 0 Å². The van der Waals surface area contributed by atoms with Crippen molar-refractivity contribution in [2.45, 2.75) is 39.2 Å². The number of carbonyl (C=O) groups is 1. The van der Waals surface area contributed by atoms with Crippen LogP contribution in [-0.4, -0.2) is 37.0 Å². The highest BCUT2D eigenvalue weighted by molar-refractivity contribution is 5.82. The van der Waals surface area contributed by atoms with E-state index in [0.717, 1.165) is 32.4 Å². The van der Waals surface area contributed by atoms with Crippen LogP contribution in [0, 0.1) is 5.41 Å². The molecule has 0 aliphatic carbocycles. The molecule has 0 unspecified atom stereocenters. The van der Waals surface area contributed by atoms with Crippen LogP contribution in [0.2, 0.25) is 0 Å². The summed E-state index contributed by atoms with van der Waals surface area (Å²) >= 11 is 0. The number of hydrogen-bond acceptors (Lipinski definition) is 2. The molecule has 1 fully saturated rings. The summed E-state index contributed by atoms with van der Waals surface area (Å²) < 4.78 is 0. The van der Waals surface area contributed by atoms with Gasteiger partial charge in [0.1, 0.15) is 0 Å². The lowest BCUT2D eigenvalue weighted by Crippen LogP contribution is -2.48. The second-order valence-electron chi connectivity index (χ2n) is 6.40. The molecule has 3 heteroatoms. The number of hydrogen-bond donors (Lipinski definition) is 1. The first kappa shape index (κ1) is 15.0. The summed E-state index contributed by atoms with van der Waals surface area (Å²) in [7, 11) is 2.00. The normalized spacial score (nSPS) is 17.2. The van der Waals surface area contributed by atoms with E-state index < -0.39 is 0 Å². The van der Waals surface area contributed by atoms with Crippen molar-refractivity contribution in [1.82, 2.24) is 10.2 Å². The van der Waals surface area contributed by atoms with Crippen molar-refractivity contribution in [1.29, 1.82) is 0 Å². The molecule has 2 rings (SSSR count). The molecular weight excluding hydrogens is 248 g/mol. The van der Waals surface area contributed by atoms with Gasteiger partial charge in [-0.15, -0.1) is 0 Å². The molecule has 20 heavy (non-hydrogen) atoms. The molecule has 1 N–H and O–H groups in total. The van der Waals surface area contributed by atoms with Crippen LogP contribution >= 0.6 is 0 Å². The van der Waals surface area contributed by atoms with Crippen LogP contribution in [0.1, 0.15) is 32.3 Å². The third-order valence-corrected chi connectivity index (χ3v) is 4.26. The van der Waals surface area contributed by atoms with Crippen LogP contribution in [0.4, 0.5) is 0 Å². The summed E-state index contributed by atoms with van der Waals surface area (Å²) in [5, 5.41) is 3.30. The first-order chi connectivity index (χ1) is 9.53. The zero-order valence-electron chi connectivity index (χ0n) is 12.9. The Morgan fingerprint density at radius 1 is 1.25 bits per heavy atom. The van der Waals surface area contributed by atoms with E-state index in [2.05, 4.69) is 31.3 Å². The van der Waals surface area contributed by atoms with Crippen molar-refractivity contribution >= 4 is 5.91 Å².